The molecule has 1 radical (unpaired) electrons. The maximum atomic E-state index is 2.33. The van der Waals surface area contributed by atoms with E-state index < -0.39 is 0 Å². The Bertz CT molecular complexity index is 122. The van der Waals surface area contributed by atoms with E-state index in [0.29, 0.717) is 0 Å². The minimum atomic E-state index is -0.0944. The van der Waals surface area contributed by atoms with Crippen LogP contribution in [0.5, 0.6) is 0 Å². The first kappa shape index (κ1) is 11.7. The van der Waals surface area contributed by atoms with E-state index in [4.69, 9.17) is 0 Å². The molecule has 0 aliphatic heterocycles. The molecule has 0 spiro atoms. The monoisotopic (exact) mass is 181 g/mol. The summed E-state index contributed by atoms with van der Waals surface area (Å²) in [6, 6.07) is 4.15. The molecule has 0 aliphatic carbocycles. The molecular weight excluding hydrogens is 160 g/mol. The van der Waals surface area contributed by atoms with Crippen molar-refractivity contribution < 1.29 is 0 Å². The number of hydrogen-bond acceptors (Lipinski definition) is 0. The predicted molar refractivity (Wildman–Crippen MR) is 60.1 cm³/mol. The van der Waals surface area contributed by atoms with Gasteiger partial charge in [0.05, 0.1) is 8.80 Å². The van der Waals surface area contributed by atoms with Crippen molar-refractivity contribution in [3.8, 4) is 0 Å². The summed E-state index contributed by atoms with van der Waals surface area (Å²) in [4.78, 5) is 0. The van der Waals surface area contributed by atoms with E-state index in [1.807, 2.05) is 0 Å². The van der Waals surface area contributed by atoms with E-state index >= 15 is 0 Å². The molecule has 0 bridgehead atoms. The molecule has 0 N–H and O–H groups in total. The van der Waals surface area contributed by atoms with Gasteiger partial charge in [-0.1, -0.05) is 43.7 Å². The van der Waals surface area contributed by atoms with Crippen LogP contribution < -0.4 is 0 Å². The van der Waals surface area contributed by atoms with Crippen LogP contribution in [0, 0.1) is 0 Å². The van der Waals surface area contributed by atoms with Crippen molar-refractivity contribution in [2.45, 2.75) is 45.3 Å². The zero-order valence-electron chi connectivity index (χ0n) is 8.64. The molecule has 0 nitrogen and oxygen atoms in total. The molecule has 0 aromatic rings. The second-order valence-corrected chi connectivity index (χ2v) is 5.86. The molecule has 0 aromatic heterocycles. The van der Waals surface area contributed by atoms with Crippen LogP contribution in [0.3, 0.4) is 0 Å². The van der Waals surface area contributed by atoms with Gasteiger partial charge in [0.25, 0.3) is 0 Å². The average molecular weight is 181 g/mol. The van der Waals surface area contributed by atoms with Gasteiger partial charge < -0.3 is 0 Å². The van der Waals surface area contributed by atoms with Crippen molar-refractivity contribution in [1.29, 1.82) is 0 Å². The van der Waals surface area contributed by atoms with Crippen molar-refractivity contribution in [3.05, 3.63) is 24.3 Å². The molecule has 0 heterocycles. The van der Waals surface area contributed by atoms with Crippen LogP contribution in [0.15, 0.2) is 24.3 Å². The summed E-state index contributed by atoms with van der Waals surface area (Å²) in [5.41, 5.74) is 0. The summed E-state index contributed by atoms with van der Waals surface area (Å²) in [6.45, 7) is 6.51. The van der Waals surface area contributed by atoms with Gasteiger partial charge >= 0.3 is 0 Å². The molecule has 12 heavy (non-hydrogen) atoms. The topological polar surface area (TPSA) is 0 Å². The van der Waals surface area contributed by atoms with Crippen LogP contribution in [-0.4, -0.2) is 8.80 Å². The molecule has 0 saturated carbocycles. The van der Waals surface area contributed by atoms with E-state index in [-0.39, 0.29) is 8.80 Å². The molecular formula is C11H21Si. The summed E-state index contributed by atoms with van der Waals surface area (Å²) in [5.74, 6) is 0. The fourth-order valence-electron chi connectivity index (χ4n) is 1.21. The van der Waals surface area contributed by atoms with Gasteiger partial charge in [-0.25, -0.2) is 0 Å². The fraction of sp³-hybridized carbons (Fsp3) is 0.636. The van der Waals surface area contributed by atoms with Gasteiger partial charge in [0.15, 0.2) is 0 Å². The molecule has 0 saturated heterocycles. The lowest BCUT2D eigenvalue weighted by Gasteiger charge is -2.08. The maximum Gasteiger partial charge on any atom is 0.0558 e. The summed E-state index contributed by atoms with van der Waals surface area (Å²) in [5, 5.41) is 0. The zero-order chi connectivity index (χ0) is 9.23. The molecule has 1 heteroatoms. The van der Waals surface area contributed by atoms with Gasteiger partial charge in [0.2, 0.25) is 0 Å². The summed E-state index contributed by atoms with van der Waals surface area (Å²) < 4.78 is 0. The van der Waals surface area contributed by atoms with E-state index in [0.717, 1.165) is 0 Å². The average Bonchev–Trinajstić information content (AvgIpc) is 2.10. The quantitative estimate of drug-likeness (QED) is 0.428. The van der Waals surface area contributed by atoms with Crippen molar-refractivity contribution >= 4 is 8.80 Å². The molecule has 0 aromatic carbocycles. The molecule has 0 rings (SSSR count). The maximum absolute atomic E-state index is 2.33. The zero-order valence-corrected chi connectivity index (χ0v) is 9.64. The Kier molecular flexibility index (Phi) is 8.57. The highest BCUT2D eigenvalue weighted by Crippen LogP contribution is 2.09. The van der Waals surface area contributed by atoms with Crippen LogP contribution >= 0.6 is 0 Å². The Balaban J connectivity index is 3.68. The van der Waals surface area contributed by atoms with Gasteiger partial charge in [-0.15, -0.1) is 0 Å². The van der Waals surface area contributed by atoms with Gasteiger partial charge in [0.1, 0.15) is 0 Å². The van der Waals surface area contributed by atoms with Crippen LogP contribution in [0.1, 0.15) is 27.2 Å². The molecule has 0 fully saturated rings. The highest BCUT2D eigenvalue weighted by atomic mass is 28.3. The Labute approximate surface area is 79.0 Å². The SMILES string of the molecule is CC=CC[Si](CC=CC)CCC. The smallest absolute Gasteiger partial charge is 0.0558 e. The number of allylic oxidation sites excluding steroid dienone is 4. The van der Waals surface area contributed by atoms with Gasteiger partial charge in [0, 0.05) is 0 Å². The number of rotatable bonds is 6. The highest BCUT2D eigenvalue weighted by molar-refractivity contribution is 6.59. The Morgan fingerprint density at radius 2 is 1.50 bits per heavy atom. The number of hydrogen-bond donors (Lipinski definition) is 0. The van der Waals surface area contributed by atoms with Gasteiger partial charge in [-0.3, -0.25) is 0 Å². The van der Waals surface area contributed by atoms with E-state index in [2.05, 4.69) is 45.1 Å². The second-order valence-electron chi connectivity index (χ2n) is 3.05. The Morgan fingerprint density at radius 1 is 1.00 bits per heavy atom. The Hall–Kier alpha value is -0.303. The summed E-state index contributed by atoms with van der Waals surface area (Å²) in [7, 11) is -0.0944. The summed E-state index contributed by atoms with van der Waals surface area (Å²) in [6.07, 6.45) is 10.4. The largest absolute Gasteiger partial charge is 0.0920 e. The molecule has 0 amide bonds. The summed E-state index contributed by atoms with van der Waals surface area (Å²) >= 11 is 0. The predicted octanol–water partition coefficient (Wildman–Crippen LogP) is 4.04. The third-order valence-corrected chi connectivity index (χ3v) is 4.72. The van der Waals surface area contributed by atoms with E-state index in [1.165, 1.54) is 24.6 Å². The molecule has 69 valence electrons. The van der Waals surface area contributed by atoms with Crippen LogP contribution in [0.4, 0.5) is 0 Å². The molecule has 0 atom stereocenters. The molecule has 0 unspecified atom stereocenters. The van der Waals surface area contributed by atoms with Gasteiger partial charge in [-0.2, -0.15) is 0 Å². The van der Waals surface area contributed by atoms with E-state index in [1.54, 1.807) is 0 Å². The van der Waals surface area contributed by atoms with Crippen LogP contribution in [-0.2, 0) is 0 Å². The fourth-order valence-corrected chi connectivity index (χ4v) is 3.63. The van der Waals surface area contributed by atoms with Crippen molar-refractivity contribution in [2.75, 3.05) is 0 Å². The lowest BCUT2D eigenvalue weighted by Crippen LogP contribution is -2.08. The van der Waals surface area contributed by atoms with Crippen molar-refractivity contribution in [2.24, 2.45) is 0 Å². The third-order valence-electron chi connectivity index (χ3n) is 1.89. The Morgan fingerprint density at radius 3 is 1.83 bits per heavy atom. The van der Waals surface area contributed by atoms with Crippen molar-refractivity contribution in [3.63, 3.8) is 0 Å². The normalized spacial score (nSPS) is 12.3. The molecule has 0 aliphatic rings. The lowest BCUT2D eigenvalue weighted by molar-refractivity contribution is 1.05. The first-order valence-corrected chi connectivity index (χ1v) is 7.03. The highest BCUT2D eigenvalue weighted by Gasteiger charge is 2.04. The standard InChI is InChI=1S/C11H21Si/c1-4-7-10-12(9-6-3)11-8-5-2/h4-5,7-8H,6,9-11H2,1-3H3. The minimum Gasteiger partial charge on any atom is -0.0920 e. The first-order valence-electron chi connectivity index (χ1n) is 4.91. The third kappa shape index (κ3) is 6.41. The van der Waals surface area contributed by atoms with Gasteiger partial charge in [-0.05, 0) is 25.9 Å². The minimum absolute atomic E-state index is 0.0944. The van der Waals surface area contributed by atoms with Crippen molar-refractivity contribution in [1.82, 2.24) is 0 Å². The van der Waals surface area contributed by atoms with Crippen LogP contribution in [0.25, 0.3) is 0 Å². The van der Waals surface area contributed by atoms with Crippen LogP contribution in [0.2, 0.25) is 18.1 Å². The second kappa shape index (κ2) is 8.79. The van der Waals surface area contributed by atoms with E-state index in [9.17, 15) is 0 Å². The lowest BCUT2D eigenvalue weighted by atomic mass is 10.6. The first-order chi connectivity index (χ1) is 5.85.